The van der Waals surface area contributed by atoms with Crippen molar-refractivity contribution in [3.8, 4) is 11.3 Å². The van der Waals surface area contributed by atoms with E-state index in [0.29, 0.717) is 10.2 Å². The lowest BCUT2D eigenvalue weighted by Gasteiger charge is -2.02. The molecule has 0 atom stereocenters. The summed E-state index contributed by atoms with van der Waals surface area (Å²) in [7, 11) is 0. The zero-order chi connectivity index (χ0) is 11.8. The highest BCUT2D eigenvalue weighted by molar-refractivity contribution is 7.13. The van der Waals surface area contributed by atoms with Crippen molar-refractivity contribution in [1.82, 2.24) is 9.97 Å². The molecule has 3 nitrogen and oxygen atoms in total. The summed E-state index contributed by atoms with van der Waals surface area (Å²) in [4.78, 5) is 8.31. The molecular formula is C12H8ClN3S. The van der Waals surface area contributed by atoms with E-state index in [-0.39, 0.29) is 0 Å². The molecule has 0 aliphatic carbocycles. The molecule has 2 aromatic heterocycles. The summed E-state index contributed by atoms with van der Waals surface area (Å²) in [6.07, 6.45) is 3.43. The van der Waals surface area contributed by atoms with E-state index in [4.69, 9.17) is 17.3 Å². The van der Waals surface area contributed by atoms with Gasteiger partial charge in [0.05, 0.1) is 10.7 Å². The van der Waals surface area contributed by atoms with Crippen molar-refractivity contribution in [2.24, 2.45) is 0 Å². The summed E-state index contributed by atoms with van der Waals surface area (Å²) in [6.45, 7) is 0. The smallest absolute Gasteiger partial charge is 0.180 e. The van der Waals surface area contributed by atoms with Crippen molar-refractivity contribution in [2.75, 3.05) is 5.73 Å². The van der Waals surface area contributed by atoms with Crippen LogP contribution in [0.1, 0.15) is 0 Å². The second kappa shape index (κ2) is 3.98. The lowest BCUT2D eigenvalue weighted by atomic mass is 10.1. The molecule has 0 aliphatic heterocycles. The highest BCUT2D eigenvalue weighted by atomic mass is 35.5. The first kappa shape index (κ1) is 10.5. The van der Waals surface area contributed by atoms with E-state index in [1.807, 2.05) is 23.6 Å². The first-order valence-electron chi connectivity index (χ1n) is 4.99. The Morgan fingerprint density at radius 3 is 2.88 bits per heavy atom. The third kappa shape index (κ3) is 1.85. The van der Waals surface area contributed by atoms with Gasteiger partial charge in [0.15, 0.2) is 5.13 Å². The van der Waals surface area contributed by atoms with Crippen LogP contribution < -0.4 is 5.73 Å². The number of hydrogen-bond donors (Lipinski definition) is 1. The molecule has 17 heavy (non-hydrogen) atoms. The number of rotatable bonds is 1. The number of anilines is 1. The van der Waals surface area contributed by atoms with Crippen molar-refractivity contribution in [1.29, 1.82) is 0 Å². The second-order valence-corrected chi connectivity index (χ2v) is 4.93. The van der Waals surface area contributed by atoms with Gasteiger partial charge in [-0.25, -0.2) is 4.98 Å². The maximum Gasteiger partial charge on any atom is 0.180 e. The van der Waals surface area contributed by atoms with E-state index in [2.05, 4.69) is 9.97 Å². The van der Waals surface area contributed by atoms with Crippen LogP contribution >= 0.6 is 22.9 Å². The quantitative estimate of drug-likeness (QED) is 0.728. The number of nitrogens with zero attached hydrogens (tertiary/aromatic N) is 2. The topological polar surface area (TPSA) is 51.8 Å². The van der Waals surface area contributed by atoms with E-state index >= 15 is 0 Å². The van der Waals surface area contributed by atoms with Gasteiger partial charge in [-0.2, -0.15) is 0 Å². The highest BCUT2D eigenvalue weighted by Gasteiger charge is 2.05. The number of nitrogen functional groups attached to an aromatic ring is 1. The number of aromatic nitrogens is 2. The molecule has 3 rings (SSSR count). The number of nitrogens with two attached hydrogens (primary N) is 1. The molecule has 0 aliphatic rings. The number of halogens is 1. The van der Waals surface area contributed by atoms with Gasteiger partial charge in [-0.15, -0.1) is 11.3 Å². The minimum Gasteiger partial charge on any atom is -0.375 e. The molecule has 0 unspecified atom stereocenters. The largest absolute Gasteiger partial charge is 0.375 e. The van der Waals surface area contributed by atoms with Crippen LogP contribution in [0.25, 0.3) is 22.0 Å². The Morgan fingerprint density at radius 2 is 2.12 bits per heavy atom. The molecule has 0 bridgehead atoms. The number of benzene rings is 1. The fourth-order valence-corrected chi connectivity index (χ4v) is 2.50. The Kier molecular flexibility index (Phi) is 2.46. The first-order valence-corrected chi connectivity index (χ1v) is 6.24. The number of hydrogen-bond acceptors (Lipinski definition) is 4. The maximum atomic E-state index is 6.12. The van der Waals surface area contributed by atoms with Gasteiger partial charge >= 0.3 is 0 Å². The lowest BCUT2D eigenvalue weighted by molar-refractivity contribution is 1.36. The molecule has 3 aromatic rings. The van der Waals surface area contributed by atoms with Gasteiger partial charge in [-0.1, -0.05) is 23.7 Å². The van der Waals surface area contributed by atoms with Gasteiger partial charge in [-0.3, -0.25) is 4.98 Å². The van der Waals surface area contributed by atoms with Gasteiger partial charge < -0.3 is 5.73 Å². The normalized spacial score (nSPS) is 10.9. The van der Waals surface area contributed by atoms with Crippen LogP contribution in [-0.4, -0.2) is 9.97 Å². The monoisotopic (exact) mass is 261 g/mol. The molecule has 2 N–H and O–H groups in total. The van der Waals surface area contributed by atoms with E-state index in [9.17, 15) is 0 Å². The van der Waals surface area contributed by atoms with Crippen LogP contribution in [0.3, 0.4) is 0 Å². The van der Waals surface area contributed by atoms with Crippen LogP contribution in [0.15, 0.2) is 36.0 Å². The van der Waals surface area contributed by atoms with Crippen molar-refractivity contribution >= 4 is 38.8 Å². The molecule has 84 valence electrons. The molecular weight excluding hydrogens is 254 g/mol. The Bertz CT molecular complexity index is 693. The van der Waals surface area contributed by atoms with Gasteiger partial charge in [0.25, 0.3) is 0 Å². The summed E-state index contributed by atoms with van der Waals surface area (Å²) >= 11 is 7.55. The molecule has 5 heteroatoms. The summed E-state index contributed by atoms with van der Waals surface area (Å²) in [6, 6.07) is 5.99. The molecule has 1 aromatic carbocycles. The molecule has 0 saturated heterocycles. The summed E-state index contributed by atoms with van der Waals surface area (Å²) in [5.41, 5.74) is 7.52. The van der Waals surface area contributed by atoms with Crippen LogP contribution in [0, 0.1) is 0 Å². The maximum absolute atomic E-state index is 6.12. The average Bonchev–Trinajstić information content (AvgIpc) is 2.76. The Hall–Kier alpha value is -1.65. The van der Waals surface area contributed by atoms with Crippen molar-refractivity contribution < 1.29 is 0 Å². The third-order valence-corrected chi connectivity index (χ3v) is 3.50. The first-order chi connectivity index (χ1) is 8.24. The van der Waals surface area contributed by atoms with Gasteiger partial charge in [0.2, 0.25) is 0 Å². The zero-order valence-corrected chi connectivity index (χ0v) is 10.3. The molecule has 0 radical (unpaired) electrons. The summed E-state index contributed by atoms with van der Waals surface area (Å²) in [5, 5.41) is 5.15. The molecule has 0 fully saturated rings. The second-order valence-electron chi connectivity index (χ2n) is 3.63. The third-order valence-electron chi connectivity index (χ3n) is 2.53. The minimum absolute atomic E-state index is 0.570. The van der Waals surface area contributed by atoms with E-state index in [1.165, 1.54) is 11.3 Å². The van der Waals surface area contributed by atoms with Crippen LogP contribution in [0.4, 0.5) is 5.13 Å². The van der Waals surface area contributed by atoms with Crippen molar-refractivity contribution in [3.05, 3.63) is 41.0 Å². The van der Waals surface area contributed by atoms with Crippen LogP contribution in [0.5, 0.6) is 0 Å². The fraction of sp³-hybridized carbons (Fsp3) is 0. The Morgan fingerprint density at radius 1 is 1.24 bits per heavy atom. The predicted octanol–water partition coefficient (Wildman–Crippen LogP) is 3.59. The molecule has 0 saturated carbocycles. The summed E-state index contributed by atoms with van der Waals surface area (Å²) in [5.74, 6) is 0. The Balaban J connectivity index is 2.22. The van der Waals surface area contributed by atoms with Crippen molar-refractivity contribution in [2.45, 2.75) is 0 Å². The fourth-order valence-electron chi connectivity index (χ4n) is 1.71. The standard InChI is InChI=1S/C12H8ClN3S/c13-10-5-15-4-8-2-1-7(3-9(8)10)11-6-17-12(14)16-11/h1-6H,(H2,14,16). The number of fused-ring (bicyclic) bond motifs is 1. The van der Waals surface area contributed by atoms with E-state index in [0.717, 1.165) is 22.0 Å². The molecule has 0 amide bonds. The molecule has 0 spiro atoms. The SMILES string of the molecule is Nc1nc(-c2ccc3cncc(Cl)c3c2)cs1. The van der Waals surface area contributed by atoms with E-state index in [1.54, 1.807) is 12.4 Å². The predicted molar refractivity (Wildman–Crippen MR) is 72.3 cm³/mol. The van der Waals surface area contributed by atoms with Crippen molar-refractivity contribution in [3.63, 3.8) is 0 Å². The average molecular weight is 262 g/mol. The van der Waals surface area contributed by atoms with Crippen LogP contribution in [-0.2, 0) is 0 Å². The highest BCUT2D eigenvalue weighted by Crippen LogP contribution is 2.29. The van der Waals surface area contributed by atoms with E-state index < -0.39 is 0 Å². The zero-order valence-electron chi connectivity index (χ0n) is 8.72. The van der Waals surface area contributed by atoms with Crippen LogP contribution in [0.2, 0.25) is 5.02 Å². The minimum atomic E-state index is 0.570. The Labute approximate surface area is 107 Å². The lowest BCUT2D eigenvalue weighted by Crippen LogP contribution is -1.84. The van der Waals surface area contributed by atoms with Gasteiger partial charge in [0, 0.05) is 34.1 Å². The number of thiazole rings is 1. The van der Waals surface area contributed by atoms with Gasteiger partial charge in [-0.05, 0) is 6.07 Å². The number of pyridine rings is 1. The summed E-state index contributed by atoms with van der Waals surface area (Å²) < 4.78 is 0. The van der Waals surface area contributed by atoms with Gasteiger partial charge in [0.1, 0.15) is 0 Å². The molecule has 2 heterocycles.